The lowest BCUT2D eigenvalue weighted by molar-refractivity contribution is -0.142. The molecule has 0 saturated carbocycles. The SMILES string of the molecule is COc1ccc(CCNC(=O)[C@@H](C)N(Cc2ccc(F)cc2)C(=O)COc2ccc(S(=O)(=O)N3CCOCC3)cc2)cc1. The van der Waals surface area contributed by atoms with E-state index in [1.165, 1.54) is 45.6 Å². The van der Waals surface area contributed by atoms with E-state index >= 15 is 0 Å². The van der Waals surface area contributed by atoms with Gasteiger partial charge in [0.2, 0.25) is 15.9 Å². The fourth-order valence-corrected chi connectivity index (χ4v) is 5.92. The second-order valence-corrected chi connectivity index (χ2v) is 11.9. The van der Waals surface area contributed by atoms with E-state index in [2.05, 4.69) is 5.32 Å². The first-order chi connectivity index (χ1) is 20.7. The normalized spacial score (nSPS) is 14.5. The van der Waals surface area contributed by atoms with Crippen molar-refractivity contribution in [2.24, 2.45) is 0 Å². The van der Waals surface area contributed by atoms with Gasteiger partial charge in [0.25, 0.3) is 5.91 Å². The molecule has 0 aromatic heterocycles. The molecule has 1 N–H and O–H groups in total. The van der Waals surface area contributed by atoms with Crippen molar-refractivity contribution in [3.8, 4) is 11.5 Å². The van der Waals surface area contributed by atoms with E-state index in [1.54, 1.807) is 26.2 Å². The van der Waals surface area contributed by atoms with Gasteiger partial charge in [-0.25, -0.2) is 12.8 Å². The summed E-state index contributed by atoms with van der Waals surface area (Å²) in [6.07, 6.45) is 0.592. The monoisotopic (exact) mass is 613 g/mol. The highest BCUT2D eigenvalue weighted by Gasteiger charge is 2.28. The Bertz CT molecular complexity index is 1460. The summed E-state index contributed by atoms with van der Waals surface area (Å²) in [4.78, 5) is 27.9. The molecule has 3 aromatic carbocycles. The zero-order chi connectivity index (χ0) is 30.8. The summed E-state index contributed by atoms with van der Waals surface area (Å²) in [5.41, 5.74) is 1.66. The molecule has 1 atom stereocenters. The quantitative estimate of drug-likeness (QED) is 0.315. The van der Waals surface area contributed by atoms with Crippen LogP contribution in [-0.4, -0.2) is 82.0 Å². The van der Waals surface area contributed by atoms with Crippen LogP contribution < -0.4 is 14.8 Å². The van der Waals surface area contributed by atoms with E-state index < -0.39 is 27.8 Å². The van der Waals surface area contributed by atoms with Gasteiger partial charge in [-0.05, 0) is 73.0 Å². The van der Waals surface area contributed by atoms with Crippen LogP contribution in [0.2, 0.25) is 0 Å². The van der Waals surface area contributed by atoms with Gasteiger partial charge in [0.1, 0.15) is 23.4 Å². The smallest absolute Gasteiger partial charge is 0.261 e. The topological polar surface area (TPSA) is 114 Å². The number of methoxy groups -OCH3 is 1. The van der Waals surface area contributed by atoms with E-state index in [0.717, 1.165) is 11.3 Å². The molecule has 0 bridgehead atoms. The number of rotatable bonds is 13. The van der Waals surface area contributed by atoms with E-state index in [4.69, 9.17) is 14.2 Å². The number of sulfonamides is 1. The van der Waals surface area contributed by atoms with Crippen molar-refractivity contribution in [1.29, 1.82) is 0 Å². The number of nitrogens with zero attached hydrogens (tertiary/aromatic N) is 2. The molecule has 10 nitrogen and oxygen atoms in total. The van der Waals surface area contributed by atoms with Gasteiger partial charge in [-0.1, -0.05) is 24.3 Å². The van der Waals surface area contributed by atoms with E-state index in [-0.39, 0.29) is 37.0 Å². The van der Waals surface area contributed by atoms with Crippen LogP contribution in [0.25, 0.3) is 0 Å². The minimum absolute atomic E-state index is 0.0618. The zero-order valence-corrected chi connectivity index (χ0v) is 25.0. The van der Waals surface area contributed by atoms with Gasteiger partial charge in [-0.15, -0.1) is 0 Å². The Labute approximate surface area is 251 Å². The highest BCUT2D eigenvalue weighted by molar-refractivity contribution is 7.89. The third-order valence-corrected chi connectivity index (χ3v) is 9.01. The maximum Gasteiger partial charge on any atom is 0.261 e. The van der Waals surface area contributed by atoms with E-state index in [0.29, 0.717) is 37.5 Å². The molecule has 0 spiro atoms. The summed E-state index contributed by atoms with van der Waals surface area (Å²) in [7, 11) is -2.07. The van der Waals surface area contributed by atoms with Gasteiger partial charge >= 0.3 is 0 Å². The average molecular weight is 614 g/mol. The van der Waals surface area contributed by atoms with Gasteiger partial charge in [0.15, 0.2) is 6.61 Å². The standard InChI is InChI=1S/C31H36FN3O7S/c1-23(31(37)33-16-15-24-5-9-27(40-2)10-6-24)35(21-25-3-7-26(32)8-4-25)30(36)22-42-28-11-13-29(14-12-28)43(38,39)34-17-19-41-20-18-34/h3-14,23H,15-22H2,1-2H3,(H,33,37)/t23-/m1/s1. The fraction of sp³-hybridized carbons (Fsp3) is 0.355. The Morgan fingerprint density at radius 1 is 0.953 bits per heavy atom. The second kappa shape index (κ2) is 14.9. The van der Waals surface area contributed by atoms with Crippen LogP contribution >= 0.6 is 0 Å². The molecule has 1 aliphatic rings. The number of halogens is 1. The lowest BCUT2D eigenvalue weighted by Gasteiger charge is -2.29. The maximum absolute atomic E-state index is 13.5. The lowest BCUT2D eigenvalue weighted by atomic mass is 10.1. The zero-order valence-electron chi connectivity index (χ0n) is 24.2. The Morgan fingerprint density at radius 2 is 1.56 bits per heavy atom. The molecule has 0 unspecified atom stereocenters. The Morgan fingerprint density at radius 3 is 2.19 bits per heavy atom. The molecule has 1 saturated heterocycles. The van der Waals surface area contributed by atoms with Crippen molar-refractivity contribution < 1.29 is 36.6 Å². The Balaban J connectivity index is 1.38. The Hall–Kier alpha value is -4.00. The number of hydrogen-bond donors (Lipinski definition) is 1. The number of amides is 2. The largest absolute Gasteiger partial charge is 0.497 e. The summed E-state index contributed by atoms with van der Waals surface area (Å²) in [6, 6.07) is 18.2. The summed E-state index contributed by atoms with van der Waals surface area (Å²) in [6.45, 7) is 2.91. The van der Waals surface area contributed by atoms with Crippen molar-refractivity contribution in [3.05, 3.63) is 89.7 Å². The minimum Gasteiger partial charge on any atom is -0.497 e. The number of carbonyl (C=O) groups is 2. The second-order valence-electron chi connectivity index (χ2n) is 9.99. The van der Waals surface area contributed by atoms with E-state index in [1.807, 2.05) is 24.3 Å². The number of morpholine rings is 1. The van der Waals surface area contributed by atoms with Crippen molar-refractivity contribution in [3.63, 3.8) is 0 Å². The first-order valence-corrected chi connectivity index (χ1v) is 15.4. The van der Waals surface area contributed by atoms with Crippen LogP contribution in [0.3, 0.4) is 0 Å². The van der Waals surface area contributed by atoms with Crippen molar-refractivity contribution in [2.45, 2.75) is 30.8 Å². The number of benzene rings is 3. The number of carbonyl (C=O) groups excluding carboxylic acids is 2. The molecule has 4 rings (SSSR count). The van der Waals surface area contributed by atoms with Crippen LogP contribution in [0.5, 0.6) is 11.5 Å². The number of nitrogens with one attached hydrogen (secondary N) is 1. The molecule has 1 heterocycles. The van der Waals surface area contributed by atoms with Crippen LogP contribution in [0.1, 0.15) is 18.1 Å². The van der Waals surface area contributed by atoms with Gasteiger partial charge in [0, 0.05) is 26.2 Å². The third kappa shape index (κ3) is 8.76. The molecule has 3 aromatic rings. The number of ether oxygens (including phenoxy) is 3. The highest BCUT2D eigenvalue weighted by Crippen LogP contribution is 2.21. The molecule has 43 heavy (non-hydrogen) atoms. The predicted octanol–water partition coefficient (Wildman–Crippen LogP) is 3.01. The molecular weight excluding hydrogens is 577 g/mol. The van der Waals surface area contributed by atoms with E-state index in [9.17, 15) is 22.4 Å². The first kappa shape index (κ1) is 31.9. The Kier molecular flexibility index (Phi) is 11.1. The number of hydrogen-bond acceptors (Lipinski definition) is 7. The van der Waals surface area contributed by atoms with Crippen molar-refractivity contribution >= 4 is 21.8 Å². The molecule has 1 fully saturated rings. The van der Waals surface area contributed by atoms with Gasteiger partial charge in [-0.3, -0.25) is 9.59 Å². The van der Waals surface area contributed by atoms with Crippen molar-refractivity contribution in [2.75, 3.05) is 46.6 Å². The van der Waals surface area contributed by atoms with Gasteiger partial charge < -0.3 is 24.4 Å². The lowest BCUT2D eigenvalue weighted by Crippen LogP contribution is -2.49. The maximum atomic E-state index is 13.5. The predicted molar refractivity (Wildman–Crippen MR) is 158 cm³/mol. The molecule has 1 aliphatic heterocycles. The third-order valence-electron chi connectivity index (χ3n) is 7.10. The van der Waals surface area contributed by atoms with Crippen LogP contribution in [-0.2, 0) is 37.3 Å². The highest BCUT2D eigenvalue weighted by atomic mass is 32.2. The first-order valence-electron chi connectivity index (χ1n) is 13.9. The fourth-order valence-electron chi connectivity index (χ4n) is 4.51. The van der Waals surface area contributed by atoms with Crippen LogP contribution in [0.15, 0.2) is 77.7 Å². The van der Waals surface area contributed by atoms with Gasteiger partial charge in [0.05, 0.1) is 25.2 Å². The molecule has 2 amide bonds. The summed E-state index contributed by atoms with van der Waals surface area (Å²) in [5.74, 6) is -0.178. The van der Waals surface area contributed by atoms with Crippen molar-refractivity contribution in [1.82, 2.24) is 14.5 Å². The summed E-state index contributed by atoms with van der Waals surface area (Å²) < 4.78 is 56.7. The molecule has 0 aliphatic carbocycles. The van der Waals surface area contributed by atoms with Gasteiger partial charge in [-0.2, -0.15) is 4.31 Å². The van der Waals surface area contributed by atoms with Crippen LogP contribution in [0.4, 0.5) is 4.39 Å². The summed E-state index contributed by atoms with van der Waals surface area (Å²) in [5, 5.41) is 2.88. The summed E-state index contributed by atoms with van der Waals surface area (Å²) >= 11 is 0. The average Bonchev–Trinajstić information content (AvgIpc) is 3.04. The van der Waals surface area contributed by atoms with Crippen LogP contribution in [0, 0.1) is 5.82 Å². The molecular formula is C31H36FN3O7S. The molecule has 230 valence electrons. The molecule has 12 heteroatoms. The minimum atomic E-state index is -3.66. The molecule has 0 radical (unpaired) electrons.